The Hall–Kier alpha value is -1.68. The minimum atomic E-state index is -0.263. The van der Waals surface area contributed by atoms with E-state index in [0.29, 0.717) is 12.4 Å². The molecule has 0 aliphatic rings. The first-order valence-corrected chi connectivity index (χ1v) is 4.71. The van der Waals surface area contributed by atoms with Crippen LogP contribution in [0.5, 0.6) is 0 Å². The summed E-state index contributed by atoms with van der Waals surface area (Å²) >= 11 is 0. The van der Waals surface area contributed by atoms with Crippen LogP contribution in [0.1, 0.15) is 11.3 Å². The van der Waals surface area contributed by atoms with Gasteiger partial charge < -0.3 is 10.7 Å². The van der Waals surface area contributed by atoms with E-state index >= 15 is 0 Å². The average Bonchev–Trinajstić information content (AvgIpc) is 2.70. The van der Waals surface area contributed by atoms with Crippen LogP contribution in [0.25, 0.3) is 11.4 Å². The number of halogens is 1. The Morgan fingerprint density at radius 3 is 2.93 bits per heavy atom. The summed E-state index contributed by atoms with van der Waals surface area (Å²) in [5.74, 6) is 0.397. The van der Waals surface area contributed by atoms with Crippen LogP contribution in [-0.4, -0.2) is 9.97 Å². The van der Waals surface area contributed by atoms with Gasteiger partial charge in [0.15, 0.2) is 0 Å². The third kappa shape index (κ3) is 1.89. The van der Waals surface area contributed by atoms with Crippen LogP contribution in [-0.2, 0) is 6.54 Å². The van der Waals surface area contributed by atoms with E-state index < -0.39 is 0 Å². The van der Waals surface area contributed by atoms with E-state index in [2.05, 4.69) is 9.97 Å². The van der Waals surface area contributed by atoms with Crippen molar-refractivity contribution in [3.63, 3.8) is 0 Å². The SMILES string of the molecule is Cc1ccc(F)cc1-c1ncc(CN)[nH]1. The lowest BCUT2D eigenvalue weighted by Gasteiger charge is -2.02. The zero-order chi connectivity index (χ0) is 10.8. The molecular weight excluding hydrogens is 193 g/mol. The van der Waals surface area contributed by atoms with Gasteiger partial charge in [-0.05, 0) is 24.6 Å². The first-order chi connectivity index (χ1) is 7.20. The predicted octanol–water partition coefficient (Wildman–Crippen LogP) is 1.98. The Balaban J connectivity index is 2.48. The summed E-state index contributed by atoms with van der Waals surface area (Å²) in [5.41, 5.74) is 8.06. The summed E-state index contributed by atoms with van der Waals surface area (Å²) in [4.78, 5) is 7.20. The number of nitrogens with zero attached hydrogens (tertiary/aromatic N) is 1. The first kappa shape index (κ1) is 9.86. The van der Waals surface area contributed by atoms with Crippen LogP contribution in [0.15, 0.2) is 24.4 Å². The van der Waals surface area contributed by atoms with Gasteiger partial charge in [0.1, 0.15) is 11.6 Å². The number of H-pyrrole nitrogens is 1. The van der Waals surface area contributed by atoms with Crippen LogP contribution in [0.3, 0.4) is 0 Å². The third-order valence-electron chi connectivity index (χ3n) is 2.30. The minimum Gasteiger partial charge on any atom is -0.341 e. The molecule has 1 aromatic heterocycles. The van der Waals surface area contributed by atoms with Crippen molar-refractivity contribution < 1.29 is 4.39 Å². The number of aromatic nitrogens is 2. The minimum absolute atomic E-state index is 0.263. The smallest absolute Gasteiger partial charge is 0.137 e. The molecule has 0 aliphatic heterocycles. The number of nitrogens with one attached hydrogen (secondary N) is 1. The number of aryl methyl sites for hydroxylation is 1. The molecule has 0 saturated heterocycles. The van der Waals surface area contributed by atoms with E-state index in [-0.39, 0.29) is 5.82 Å². The lowest BCUT2D eigenvalue weighted by molar-refractivity contribution is 0.628. The second-order valence-corrected chi connectivity index (χ2v) is 3.42. The standard InChI is InChI=1S/C11H12FN3/c1-7-2-3-8(12)4-10(7)11-14-6-9(5-13)15-11/h2-4,6H,5,13H2,1H3,(H,14,15). The van der Waals surface area contributed by atoms with E-state index in [9.17, 15) is 4.39 Å². The van der Waals surface area contributed by atoms with Gasteiger partial charge in [-0.1, -0.05) is 6.07 Å². The molecule has 78 valence electrons. The molecule has 0 spiro atoms. The molecule has 0 atom stereocenters. The molecule has 0 unspecified atom stereocenters. The Kier molecular flexibility index (Phi) is 2.51. The number of hydrogen-bond acceptors (Lipinski definition) is 2. The largest absolute Gasteiger partial charge is 0.341 e. The van der Waals surface area contributed by atoms with Crippen LogP contribution >= 0.6 is 0 Å². The number of imidazole rings is 1. The average molecular weight is 205 g/mol. The van der Waals surface area contributed by atoms with Crippen LogP contribution in [0.4, 0.5) is 4.39 Å². The molecule has 3 N–H and O–H groups in total. The van der Waals surface area contributed by atoms with Crippen molar-refractivity contribution >= 4 is 0 Å². The Morgan fingerprint density at radius 2 is 2.27 bits per heavy atom. The van der Waals surface area contributed by atoms with E-state index in [0.717, 1.165) is 16.8 Å². The van der Waals surface area contributed by atoms with Gasteiger partial charge in [-0.3, -0.25) is 0 Å². The topological polar surface area (TPSA) is 54.7 Å². The van der Waals surface area contributed by atoms with Gasteiger partial charge in [-0.15, -0.1) is 0 Å². The highest BCUT2D eigenvalue weighted by atomic mass is 19.1. The van der Waals surface area contributed by atoms with Crippen LogP contribution < -0.4 is 5.73 Å². The fourth-order valence-corrected chi connectivity index (χ4v) is 1.45. The molecule has 1 heterocycles. The fraction of sp³-hybridized carbons (Fsp3) is 0.182. The van der Waals surface area contributed by atoms with E-state index in [1.165, 1.54) is 12.1 Å². The number of nitrogens with two attached hydrogens (primary N) is 1. The fourth-order valence-electron chi connectivity index (χ4n) is 1.45. The third-order valence-corrected chi connectivity index (χ3v) is 2.30. The zero-order valence-electron chi connectivity index (χ0n) is 8.42. The van der Waals surface area contributed by atoms with Gasteiger partial charge in [-0.2, -0.15) is 0 Å². The van der Waals surface area contributed by atoms with E-state index in [1.54, 1.807) is 12.3 Å². The predicted molar refractivity (Wildman–Crippen MR) is 56.6 cm³/mol. The first-order valence-electron chi connectivity index (χ1n) is 4.71. The van der Waals surface area contributed by atoms with Crippen molar-refractivity contribution in [2.45, 2.75) is 13.5 Å². The van der Waals surface area contributed by atoms with Gasteiger partial charge in [0.05, 0.1) is 0 Å². The van der Waals surface area contributed by atoms with Crippen molar-refractivity contribution in [2.24, 2.45) is 5.73 Å². The maximum absolute atomic E-state index is 13.1. The monoisotopic (exact) mass is 205 g/mol. The molecule has 0 radical (unpaired) electrons. The Morgan fingerprint density at radius 1 is 1.47 bits per heavy atom. The number of aromatic amines is 1. The summed E-state index contributed by atoms with van der Waals surface area (Å²) in [6.45, 7) is 2.32. The van der Waals surface area contributed by atoms with Gasteiger partial charge in [0, 0.05) is 24.0 Å². The number of hydrogen-bond donors (Lipinski definition) is 2. The second-order valence-electron chi connectivity index (χ2n) is 3.42. The number of benzene rings is 1. The maximum atomic E-state index is 13.1. The van der Waals surface area contributed by atoms with Gasteiger partial charge >= 0.3 is 0 Å². The molecular formula is C11H12FN3. The van der Waals surface area contributed by atoms with E-state index in [4.69, 9.17) is 5.73 Å². The van der Waals surface area contributed by atoms with Gasteiger partial charge in [0.2, 0.25) is 0 Å². The molecule has 0 amide bonds. The molecule has 2 rings (SSSR count). The normalized spacial score (nSPS) is 10.6. The van der Waals surface area contributed by atoms with Crippen molar-refractivity contribution in [3.8, 4) is 11.4 Å². The summed E-state index contributed by atoms with van der Waals surface area (Å²) in [7, 11) is 0. The highest BCUT2D eigenvalue weighted by Gasteiger charge is 2.06. The van der Waals surface area contributed by atoms with Gasteiger partial charge in [-0.25, -0.2) is 9.37 Å². The molecule has 1 aromatic carbocycles. The zero-order valence-corrected chi connectivity index (χ0v) is 8.42. The van der Waals surface area contributed by atoms with Crippen LogP contribution in [0.2, 0.25) is 0 Å². The summed E-state index contributed by atoms with van der Waals surface area (Å²) in [6, 6.07) is 4.63. The quantitative estimate of drug-likeness (QED) is 0.787. The van der Waals surface area contributed by atoms with Crippen molar-refractivity contribution in [2.75, 3.05) is 0 Å². The summed E-state index contributed by atoms with van der Waals surface area (Å²) < 4.78 is 13.1. The highest BCUT2D eigenvalue weighted by molar-refractivity contribution is 5.60. The molecule has 0 bridgehead atoms. The molecule has 0 saturated carbocycles. The van der Waals surface area contributed by atoms with E-state index in [1.807, 2.05) is 6.92 Å². The molecule has 2 aromatic rings. The van der Waals surface area contributed by atoms with Crippen molar-refractivity contribution in [3.05, 3.63) is 41.5 Å². The lowest BCUT2D eigenvalue weighted by Crippen LogP contribution is -1.96. The highest BCUT2D eigenvalue weighted by Crippen LogP contribution is 2.21. The molecule has 4 heteroatoms. The van der Waals surface area contributed by atoms with Crippen molar-refractivity contribution in [1.82, 2.24) is 9.97 Å². The van der Waals surface area contributed by atoms with Crippen molar-refractivity contribution in [1.29, 1.82) is 0 Å². The lowest BCUT2D eigenvalue weighted by atomic mass is 10.1. The maximum Gasteiger partial charge on any atom is 0.137 e. The molecule has 0 fully saturated rings. The van der Waals surface area contributed by atoms with Crippen LogP contribution in [0, 0.1) is 12.7 Å². The second kappa shape index (κ2) is 3.82. The Bertz CT molecular complexity index is 476. The summed E-state index contributed by atoms with van der Waals surface area (Å²) in [5, 5.41) is 0. The number of rotatable bonds is 2. The van der Waals surface area contributed by atoms with Gasteiger partial charge in [0.25, 0.3) is 0 Å². The molecule has 3 nitrogen and oxygen atoms in total. The molecule has 0 aliphatic carbocycles. The summed E-state index contributed by atoms with van der Waals surface area (Å²) in [6.07, 6.45) is 1.67. The molecule has 15 heavy (non-hydrogen) atoms. The Labute approximate surface area is 87.2 Å².